The highest BCUT2D eigenvalue weighted by Crippen LogP contribution is 2.30. The van der Waals surface area contributed by atoms with Gasteiger partial charge in [0.05, 0.1) is 30.6 Å². The Balaban J connectivity index is 1.59. The minimum Gasteiger partial charge on any atom is -0.470 e. The summed E-state index contributed by atoms with van der Waals surface area (Å²) < 4.78 is 15.4. The molecule has 10 nitrogen and oxygen atoms in total. The van der Waals surface area contributed by atoms with E-state index < -0.39 is 0 Å². The van der Waals surface area contributed by atoms with Crippen molar-refractivity contribution in [2.24, 2.45) is 7.05 Å². The number of fused-ring (bicyclic) bond motifs is 1. The summed E-state index contributed by atoms with van der Waals surface area (Å²) in [5, 5.41) is 14.5. The lowest BCUT2D eigenvalue weighted by Crippen LogP contribution is -2.17. The van der Waals surface area contributed by atoms with Crippen molar-refractivity contribution < 1.29 is 9.47 Å². The molecule has 0 unspecified atom stereocenters. The molecule has 1 aliphatic rings. The van der Waals surface area contributed by atoms with Crippen molar-refractivity contribution in [1.82, 2.24) is 34.5 Å². The summed E-state index contributed by atoms with van der Waals surface area (Å²) in [6.45, 7) is 3.19. The van der Waals surface area contributed by atoms with Gasteiger partial charge < -0.3 is 19.4 Å². The maximum absolute atomic E-state index is 6.21. The molecule has 5 heterocycles. The largest absolute Gasteiger partial charge is 0.470 e. The van der Waals surface area contributed by atoms with Gasteiger partial charge in [-0.3, -0.25) is 9.78 Å². The lowest BCUT2D eigenvalue weighted by atomic mass is 10.3. The van der Waals surface area contributed by atoms with Crippen LogP contribution in [-0.4, -0.2) is 53.8 Å². The van der Waals surface area contributed by atoms with Gasteiger partial charge in [-0.2, -0.15) is 15.2 Å². The molecule has 0 spiro atoms. The highest BCUT2D eigenvalue weighted by molar-refractivity contribution is 5.84. The normalized spacial score (nSPS) is 16.7. The first kappa shape index (κ1) is 16.8. The van der Waals surface area contributed by atoms with E-state index in [4.69, 9.17) is 9.47 Å². The molecule has 0 radical (unpaired) electrons. The number of rotatable bonds is 5. The fourth-order valence-electron chi connectivity index (χ4n) is 3.26. The second-order valence-corrected chi connectivity index (χ2v) is 6.81. The number of hydrogen-bond donors (Lipinski definition) is 2. The van der Waals surface area contributed by atoms with Gasteiger partial charge in [-0.15, -0.1) is 0 Å². The van der Waals surface area contributed by atoms with E-state index in [1.54, 1.807) is 10.9 Å². The highest BCUT2D eigenvalue weighted by Gasteiger charge is 2.22. The van der Waals surface area contributed by atoms with Crippen molar-refractivity contribution in [3.05, 3.63) is 36.4 Å². The van der Waals surface area contributed by atoms with Crippen LogP contribution in [0.4, 0.5) is 11.8 Å². The summed E-state index contributed by atoms with van der Waals surface area (Å²) in [6, 6.07) is 3.82. The van der Waals surface area contributed by atoms with E-state index in [0.717, 1.165) is 28.8 Å². The maximum atomic E-state index is 6.21. The Hall–Kier alpha value is -3.40. The van der Waals surface area contributed by atoms with Crippen LogP contribution in [0, 0.1) is 6.92 Å². The zero-order valence-corrected chi connectivity index (χ0v) is 15.6. The highest BCUT2D eigenvalue weighted by atomic mass is 16.5. The second-order valence-electron chi connectivity index (χ2n) is 6.81. The van der Waals surface area contributed by atoms with Crippen LogP contribution in [0.3, 0.4) is 0 Å². The van der Waals surface area contributed by atoms with E-state index in [1.807, 2.05) is 43.1 Å². The molecule has 10 heteroatoms. The summed E-state index contributed by atoms with van der Waals surface area (Å²) >= 11 is 0. The average Bonchev–Trinajstić information content (AvgIpc) is 3.43. The average molecular weight is 380 g/mol. The van der Waals surface area contributed by atoms with Crippen molar-refractivity contribution >= 4 is 22.8 Å². The van der Waals surface area contributed by atoms with Crippen molar-refractivity contribution in [3.63, 3.8) is 0 Å². The molecular formula is C18H20N8O2. The number of aryl methyl sites for hydroxylation is 2. The molecule has 0 amide bonds. The van der Waals surface area contributed by atoms with Crippen molar-refractivity contribution in [2.75, 3.05) is 18.5 Å². The van der Waals surface area contributed by atoms with E-state index in [2.05, 4.69) is 30.6 Å². The molecule has 1 atom stereocenters. The summed E-state index contributed by atoms with van der Waals surface area (Å²) in [6.07, 6.45) is 6.47. The van der Waals surface area contributed by atoms with E-state index >= 15 is 0 Å². The van der Waals surface area contributed by atoms with E-state index in [9.17, 15) is 0 Å². The number of aromatic amines is 1. The van der Waals surface area contributed by atoms with Crippen LogP contribution in [0.15, 0.2) is 30.7 Å². The molecule has 4 aromatic heterocycles. The summed E-state index contributed by atoms with van der Waals surface area (Å²) in [4.78, 5) is 9.26. The molecule has 5 rings (SSSR count). The number of anilines is 2. The molecule has 4 aromatic rings. The van der Waals surface area contributed by atoms with E-state index in [-0.39, 0.29) is 6.10 Å². The Morgan fingerprint density at radius 2 is 2.29 bits per heavy atom. The second kappa shape index (κ2) is 6.64. The standard InChI is InChI=1S/C18H20N8O2/c1-11-7-15(24-23-11)21-18-20-14-3-5-26(12-8-19-25(2)9-12)16(14)17(22-18)28-13-4-6-27-10-13/h3,5,7-9,13H,4,6,10H2,1-2H3,(H2,20,21,22,23,24)/t13-/m0/s1. The Labute approximate surface area is 160 Å². The zero-order valence-electron chi connectivity index (χ0n) is 15.6. The van der Waals surface area contributed by atoms with Crippen LogP contribution in [0.25, 0.3) is 16.7 Å². The molecule has 0 aromatic carbocycles. The maximum Gasteiger partial charge on any atom is 0.244 e. The molecular weight excluding hydrogens is 360 g/mol. The number of aromatic nitrogens is 7. The molecule has 144 valence electrons. The van der Waals surface area contributed by atoms with Crippen LogP contribution < -0.4 is 10.1 Å². The van der Waals surface area contributed by atoms with Crippen LogP contribution in [0.5, 0.6) is 5.88 Å². The molecule has 1 fully saturated rings. The summed E-state index contributed by atoms with van der Waals surface area (Å²) in [7, 11) is 1.88. The Bertz CT molecular complexity index is 1120. The van der Waals surface area contributed by atoms with Crippen molar-refractivity contribution in [2.45, 2.75) is 19.4 Å². The Kier molecular flexibility index (Phi) is 3.97. The van der Waals surface area contributed by atoms with Gasteiger partial charge in [0, 0.05) is 37.6 Å². The van der Waals surface area contributed by atoms with Crippen molar-refractivity contribution in [3.8, 4) is 11.6 Å². The molecule has 28 heavy (non-hydrogen) atoms. The molecule has 1 aliphatic heterocycles. The van der Waals surface area contributed by atoms with Gasteiger partial charge in [-0.05, 0) is 13.0 Å². The SMILES string of the molecule is Cc1cc(Nc2nc(O[C@H]3CCOC3)c3c(ccn3-c3cnn(C)c3)n2)n[nH]1. The zero-order chi connectivity index (χ0) is 19.1. The minimum atomic E-state index is -0.0316. The molecule has 1 saturated heterocycles. The molecule has 2 N–H and O–H groups in total. The van der Waals surface area contributed by atoms with Gasteiger partial charge in [0.1, 0.15) is 11.6 Å². The van der Waals surface area contributed by atoms with E-state index in [0.29, 0.717) is 30.9 Å². The van der Waals surface area contributed by atoms with Gasteiger partial charge in [0.15, 0.2) is 5.82 Å². The first-order chi connectivity index (χ1) is 13.7. The lowest BCUT2D eigenvalue weighted by molar-refractivity contribution is 0.139. The third-order valence-electron chi connectivity index (χ3n) is 4.58. The Morgan fingerprint density at radius 3 is 3.00 bits per heavy atom. The minimum absolute atomic E-state index is 0.0316. The fraction of sp³-hybridized carbons (Fsp3) is 0.333. The van der Waals surface area contributed by atoms with Crippen LogP contribution in [0.2, 0.25) is 0 Å². The van der Waals surface area contributed by atoms with Gasteiger partial charge in [-0.25, -0.2) is 4.98 Å². The molecule has 0 saturated carbocycles. The van der Waals surface area contributed by atoms with Gasteiger partial charge in [0.2, 0.25) is 11.8 Å². The summed E-state index contributed by atoms with van der Waals surface area (Å²) in [5.74, 6) is 1.58. The number of hydrogen-bond acceptors (Lipinski definition) is 7. The summed E-state index contributed by atoms with van der Waals surface area (Å²) in [5.41, 5.74) is 3.43. The first-order valence-corrected chi connectivity index (χ1v) is 9.07. The van der Waals surface area contributed by atoms with Crippen LogP contribution in [-0.2, 0) is 11.8 Å². The number of ether oxygens (including phenoxy) is 2. The third kappa shape index (κ3) is 3.07. The van der Waals surface area contributed by atoms with Gasteiger partial charge >= 0.3 is 0 Å². The number of nitrogens with one attached hydrogen (secondary N) is 2. The topological polar surface area (TPSA) is 108 Å². The molecule has 0 bridgehead atoms. The Morgan fingerprint density at radius 1 is 1.36 bits per heavy atom. The van der Waals surface area contributed by atoms with Gasteiger partial charge in [-0.1, -0.05) is 0 Å². The predicted octanol–water partition coefficient (Wildman–Crippen LogP) is 2.10. The van der Waals surface area contributed by atoms with Gasteiger partial charge in [0.25, 0.3) is 0 Å². The monoisotopic (exact) mass is 380 g/mol. The quantitative estimate of drug-likeness (QED) is 0.546. The molecule has 0 aliphatic carbocycles. The van der Waals surface area contributed by atoms with Crippen molar-refractivity contribution in [1.29, 1.82) is 0 Å². The first-order valence-electron chi connectivity index (χ1n) is 9.07. The van der Waals surface area contributed by atoms with Crippen LogP contribution in [0.1, 0.15) is 12.1 Å². The van der Waals surface area contributed by atoms with E-state index in [1.165, 1.54) is 0 Å². The number of H-pyrrole nitrogens is 1. The number of nitrogens with zero attached hydrogens (tertiary/aromatic N) is 6. The fourth-order valence-corrected chi connectivity index (χ4v) is 3.26. The predicted molar refractivity (Wildman–Crippen MR) is 102 cm³/mol. The van der Waals surface area contributed by atoms with Crippen LogP contribution >= 0.6 is 0 Å². The smallest absolute Gasteiger partial charge is 0.244 e. The lowest BCUT2D eigenvalue weighted by Gasteiger charge is -2.14. The third-order valence-corrected chi connectivity index (χ3v) is 4.58.